The molecule has 10 nitrogen and oxygen atoms in total. The average Bonchev–Trinajstić information content (AvgIpc) is 3.60. The lowest BCUT2D eigenvalue weighted by Gasteiger charge is -2.43. The zero-order valence-electron chi connectivity index (χ0n) is 26.4. The third kappa shape index (κ3) is 6.26. The van der Waals surface area contributed by atoms with E-state index in [-0.39, 0.29) is 23.6 Å². The van der Waals surface area contributed by atoms with Gasteiger partial charge in [0.25, 0.3) is 5.91 Å². The number of aromatic amines is 1. The first kappa shape index (κ1) is 30.1. The topological polar surface area (TPSA) is 106 Å². The fraction of sp³-hybridized carbons (Fsp3) is 0.417. The van der Waals surface area contributed by atoms with Crippen LogP contribution in [0.25, 0.3) is 33.4 Å². The number of benzene rings is 2. The summed E-state index contributed by atoms with van der Waals surface area (Å²) in [6.07, 6.45) is 5.25. The molecule has 2 aromatic carbocycles. The van der Waals surface area contributed by atoms with E-state index in [0.717, 1.165) is 85.3 Å². The molecule has 7 rings (SSSR count). The summed E-state index contributed by atoms with van der Waals surface area (Å²) < 4.78 is 0. The molecule has 1 N–H and O–H groups in total. The Morgan fingerprint density at radius 3 is 2.09 bits per heavy atom. The average molecular weight is 620 g/mol. The van der Waals surface area contributed by atoms with Gasteiger partial charge in [-0.05, 0) is 49.9 Å². The van der Waals surface area contributed by atoms with Crippen LogP contribution in [0.1, 0.15) is 43.0 Å². The molecule has 3 amide bonds. The maximum absolute atomic E-state index is 13.9. The number of pyridine rings is 1. The molecular formula is C36H41N7O3. The number of piperidine rings is 2. The van der Waals surface area contributed by atoms with E-state index in [4.69, 9.17) is 4.98 Å². The van der Waals surface area contributed by atoms with Gasteiger partial charge in [-0.1, -0.05) is 36.4 Å². The zero-order chi connectivity index (χ0) is 31.6. The summed E-state index contributed by atoms with van der Waals surface area (Å²) in [4.78, 5) is 52.1. The van der Waals surface area contributed by atoms with Crippen LogP contribution in [-0.2, 0) is 9.59 Å². The Labute approximate surface area is 269 Å². The first-order valence-electron chi connectivity index (χ1n) is 16.5. The van der Waals surface area contributed by atoms with Gasteiger partial charge in [0.15, 0.2) is 0 Å². The van der Waals surface area contributed by atoms with Crippen LogP contribution >= 0.6 is 0 Å². The van der Waals surface area contributed by atoms with Gasteiger partial charge in [0.05, 0.1) is 23.1 Å². The summed E-state index contributed by atoms with van der Waals surface area (Å²) in [5, 5.41) is 8.14. The van der Waals surface area contributed by atoms with Crippen molar-refractivity contribution in [3.63, 3.8) is 0 Å². The standard InChI is InChI=1S/C36H41N7O3/c1-25(44)40-13-9-27(10-14-40)35(45)42-15-11-31(12-16-42)41-17-19-43(20-18-41)36(46)29-22-33(26-5-3-2-4-6-26)38-34(23-29)28-7-8-32-30(21-28)24-37-39-32/h2-8,21-24,27,31H,9-20H2,1H3,(H,37,39). The number of carbonyl (C=O) groups excluding carboxylic acids is 3. The third-order valence-corrected chi connectivity index (χ3v) is 10.1. The number of aromatic nitrogens is 3. The summed E-state index contributed by atoms with van der Waals surface area (Å²) in [7, 11) is 0. The van der Waals surface area contributed by atoms with Gasteiger partial charge in [0, 0.05) is 93.3 Å². The van der Waals surface area contributed by atoms with Gasteiger partial charge in [-0.3, -0.25) is 24.4 Å². The highest BCUT2D eigenvalue weighted by Gasteiger charge is 2.34. The Kier molecular flexibility index (Phi) is 8.53. The normalized spacial score (nSPS) is 18.7. The number of hydrogen-bond acceptors (Lipinski definition) is 6. The zero-order valence-corrected chi connectivity index (χ0v) is 26.4. The molecular weight excluding hydrogens is 578 g/mol. The number of hydrogen-bond donors (Lipinski definition) is 1. The molecule has 0 bridgehead atoms. The molecule has 3 saturated heterocycles. The van der Waals surface area contributed by atoms with E-state index in [1.165, 1.54) is 0 Å². The van der Waals surface area contributed by atoms with Crippen molar-refractivity contribution < 1.29 is 14.4 Å². The van der Waals surface area contributed by atoms with Crippen LogP contribution in [0.15, 0.2) is 66.9 Å². The number of nitrogens with one attached hydrogen (secondary N) is 1. The van der Waals surface area contributed by atoms with Gasteiger partial charge in [0.2, 0.25) is 11.8 Å². The largest absolute Gasteiger partial charge is 0.343 e. The van der Waals surface area contributed by atoms with Gasteiger partial charge in [0.1, 0.15) is 0 Å². The highest BCUT2D eigenvalue weighted by molar-refractivity contribution is 5.97. The van der Waals surface area contributed by atoms with Crippen LogP contribution in [-0.4, -0.2) is 111 Å². The molecule has 10 heteroatoms. The molecule has 0 unspecified atom stereocenters. The molecule has 0 radical (unpaired) electrons. The lowest BCUT2D eigenvalue weighted by atomic mass is 9.93. The summed E-state index contributed by atoms with van der Waals surface area (Å²) in [5.74, 6) is 0.417. The van der Waals surface area contributed by atoms with Gasteiger partial charge in [-0.2, -0.15) is 5.10 Å². The summed E-state index contributed by atoms with van der Waals surface area (Å²) in [5.41, 5.74) is 5.05. The second-order valence-electron chi connectivity index (χ2n) is 12.8. The van der Waals surface area contributed by atoms with E-state index in [2.05, 4.69) is 21.2 Å². The van der Waals surface area contributed by atoms with E-state index in [1.54, 1.807) is 13.1 Å². The Balaban J connectivity index is 0.987. The third-order valence-electron chi connectivity index (χ3n) is 10.1. The van der Waals surface area contributed by atoms with Crippen LogP contribution in [0.3, 0.4) is 0 Å². The van der Waals surface area contributed by atoms with E-state index < -0.39 is 0 Å². The van der Waals surface area contributed by atoms with E-state index in [9.17, 15) is 14.4 Å². The number of carbonyl (C=O) groups is 3. The molecule has 0 saturated carbocycles. The second-order valence-corrected chi connectivity index (χ2v) is 12.8. The minimum absolute atomic E-state index is 0.0288. The Morgan fingerprint density at radius 2 is 1.39 bits per heavy atom. The number of piperazine rings is 1. The fourth-order valence-corrected chi connectivity index (χ4v) is 7.28. The molecule has 3 aliphatic rings. The van der Waals surface area contributed by atoms with E-state index in [1.807, 2.05) is 69.3 Å². The predicted octanol–water partition coefficient (Wildman–Crippen LogP) is 4.30. The van der Waals surface area contributed by atoms with Gasteiger partial charge < -0.3 is 14.7 Å². The van der Waals surface area contributed by atoms with Crippen molar-refractivity contribution in [3.8, 4) is 22.5 Å². The van der Waals surface area contributed by atoms with Crippen LogP contribution in [0.2, 0.25) is 0 Å². The van der Waals surface area contributed by atoms with Crippen molar-refractivity contribution in [2.45, 2.75) is 38.6 Å². The first-order valence-corrected chi connectivity index (χ1v) is 16.5. The maximum Gasteiger partial charge on any atom is 0.254 e. The Morgan fingerprint density at radius 1 is 0.717 bits per heavy atom. The minimum atomic E-state index is 0.0288. The molecule has 5 heterocycles. The highest BCUT2D eigenvalue weighted by Crippen LogP contribution is 2.29. The van der Waals surface area contributed by atoms with E-state index in [0.29, 0.717) is 37.8 Å². The molecule has 3 fully saturated rings. The number of amides is 3. The Hall–Kier alpha value is -4.57. The number of fused-ring (bicyclic) bond motifs is 1. The summed E-state index contributed by atoms with van der Waals surface area (Å²) in [6.45, 7) is 7.52. The lowest BCUT2D eigenvalue weighted by molar-refractivity contribution is -0.141. The number of rotatable bonds is 5. The van der Waals surface area contributed by atoms with Crippen LogP contribution in [0, 0.1) is 5.92 Å². The molecule has 238 valence electrons. The predicted molar refractivity (Wildman–Crippen MR) is 177 cm³/mol. The maximum atomic E-state index is 13.9. The number of likely N-dealkylation sites (tertiary alicyclic amines) is 2. The molecule has 3 aliphatic heterocycles. The molecule has 0 spiro atoms. The van der Waals surface area contributed by atoms with Crippen molar-refractivity contribution in [3.05, 3.63) is 72.4 Å². The SMILES string of the molecule is CC(=O)N1CCC(C(=O)N2CCC(N3CCN(C(=O)c4cc(-c5ccccc5)nc(-c5ccc6[nH]ncc6c5)c4)CC3)CC2)CC1. The quantitative estimate of drug-likeness (QED) is 0.357. The molecule has 4 aromatic rings. The lowest BCUT2D eigenvalue weighted by Crippen LogP contribution is -2.55. The van der Waals surface area contributed by atoms with Crippen LogP contribution in [0.4, 0.5) is 0 Å². The first-order chi connectivity index (χ1) is 22.4. The van der Waals surface area contributed by atoms with Gasteiger partial charge in [-0.25, -0.2) is 4.98 Å². The number of H-pyrrole nitrogens is 1. The highest BCUT2D eigenvalue weighted by atomic mass is 16.2. The Bertz CT molecular complexity index is 1710. The van der Waals surface area contributed by atoms with Crippen LogP contribution < -0.4 is 0 Å². The minimum Gasteiger partial charge on any atom is -0.343 e. The molecule has 46 heavy (non-hydrogen) atoms. The van der Waals surface area contributed by atoms with E-state index >= 15 is 0 Å². The summed E-state index contributed by atoms with van der Waals surface area (Å²) >= 11 is 0. The molecule has 0 aliphatic carbocycles. The molecule has 0 atom stereocenters. The van der Waals surface area contributed by atoms with Crippen molar-refractivity contribution in [1.29, 1.82) is 0 Å². The van der Waals surface area contributed by atoms with Crippen molar-refractivity contribution in [2.75, 3.05) is 52.4 Å². The summed E-state index contributed by atoms with van der Waals surface area (Å²) in [6, 6.07) is 20.3. The van der Waals surface area contributed by atoms with Crippen molar-refractivity contribution >= 4 is 28.6 Å². The molecule has 2 aromatic heterocycles. The fourth-order valence-electron chi connectivity index (χ4n) is 7.28. The second kappa shape index (κ2) is 13.0. The van der Waals surface area contributed by atoms with Gasteiger partial charge in [-0.15, -0.1) is 0 Å². The van der Waals surface area contributed by atoms with Crippen LogP contribution in [0.5, 0.6) is 0 Å². The van der Waals surface area contributed by atoms with Crippen molar-refractivity contribution in [1.82, 2.24) is 34.8 Å². The van der Waals surface area contributed by atoms with Gasteiger partial charge >= 0.3 is 0 Å². The monoisotopic (exact) mass is 619 g/mol. The van der Waals surface area contributed by atoms with Crippen molar-refractivity contribution in [2.24, 2.45) is 5.92 Å². The smallest absolute Gasteiger partial charge is 0.254 e. The number of nitrogens with zero attached hydrogens (tertiary/aromatic N) is 6.